The molecule has 12 heavy (non-hydrogen) atoms. The Hall–Kier alpha value is 0.490. The zero-order valence-electron chi connectivity index (χ0n) is 8.33. The Labute approximate surface area is 78.4 Å². The zero-order valence-corrected chi connectivity index (χ0v) is 10.4. The normalized spacial score (nSPS) is 15.9. The number of hydrogen-bond acceptors (Lipinski definition) is 2. The van der Waals surface area contributed by atoms with Crippen molar-refractivity contribution >= 4 is 16.6 Å². The predicted octanol–water partition coefficient (Wildman–Crippen LogP) is 3.61. The van der Waals surface area contributed by atoms with E-state index in [0.717, 1.165) is 6.42 Å². The maximum Gasteiger partial charge on any atom is 0.516 e. The van der Waals surface area contributed by atoms with Crippen molar-refractivity contribution < 1.29 is 9.09 Å². The topological polar surface area (TPSA) is 26.3 Å². The van der Waals surface area contributed by atoms with E-state index >= 15 is 0 Å². The Morgan fingerprint density at radius 2 is 2.00 bits per heavy atom. The average Bonchev–Trinajstić information content (AvgIpc) is 1.79. The molecular weight excluding hydrogens is 190 g/mol. The van der Waals surface area contributed by atoms with Gasteiger partial charge in [-0.05, 0) is 22.3 Å². The van der Waals surface area contributed by atoms with Gasteiger partial charge in [0, 0.05) is 0 Å². The van der Waals surface area contributed by atoms with Crippen molar-refractivity contribution in [3.05, 3.63) is 0 Å². The van der Waals surface area contributed by atoms with Crippen LogP contribution in [0.3, 0.4) is 0 Å². The highest BCUT2D eigenvalue weighted by Crippen LogP contribution is 2.33. The van der Waals surface area contributed by atoms with Crippen molar-refractivity contribution in [2.45, 2.75) is 34.1 Å². The summed E-state index contributed by atoms with van der Waals surface area (Å²) < 4.78 is 15.6. The van der Waals surface area contributed by atoms with Gasteiger partial charge in [-0.3, -0.25) is 0 Å². The summed E-state index contributed by atoms with van der Waals surface area (Å²) >= 11 is 0. The fourth-order valence-electron chi connectivity index (χ4n) is 1.31. The second-order valence-electron chi connectivity index (χ2n) is 4.45. The molecule has 0 aliphatic rings. The second-order valence-corrected chi connectivity index (χ2v) is 6.54. The van der Waals surface area contributed by atoms with E-state index in [1.807, 2.05) is 0 Å². The van der Waals surface area contributed by atoms with Gasteiger partial charge in [0.25, 0.3) is 0 Å². The molecule has 0 amide bonds. The molecule has 0 rings (SSSR count). The van der Waals surface area contributed by atoms with E-state index in [-0.39, 0.29) is 0 Å². The summed E-state index contributed by atoms with van der Waals surface area (Å²) in [7, 11) is 0.654. The van der Waals surface area contributed by atoms with Gasteiger partial charge in [0.15, 0.2) is 8.93 Å². The Balaban J connectivity index is 3.60. The minimum Gasteiger partial charge on any atom is -0.145 e. The monoisotopic (exact) mass is 209 g/mol. The fourth-order valence-corrected chi connectivity index (χ4v) is 1.96. The molecule has 0 aliphatic heterocycles. The molecule has 3 unspecified atom stereocenters. The van der Waals surface area contributed by atoms with Crippen LogP contribution >= 0.6 is 16.6 Å². The summed E-state index contributed by atoms with van der Waals surface area (Å²) in [4.78, 5) is 0. The maximum atomic E-state index is 10.6. The van der Waals surface area contributed by atoms with Gasteiger partial charge >= 0.3 is 7.72 Å². The van der Waals surface area contributed by atoms with Gasteiger partial charge in [0.05, 0.1) is 0 Å². The molecule has 0 aromatic heterocycles. The van der Waals surface area contributed by atoms with Gasteiger partial charge in [-0.25, -0.2) is 0 Å². The molecule has 4 heteroatoms. The van der Waals surface area contributed by atoms with Crippen LogP contribution < -0.4 is 0 Å². The molecule has 0 saturated heterocycles. The van der Waals surface area contributed by atoms with Crippen LogP contribution in [0, 0.1) is 11.3 Å². The summed E-state index contributed by atoms with van der Waals surface area (Å²) in [6.07, 6.45) is 1.10. The highest BCUT2D eigenvalue weighted by atomic mass is 32.0. The van der Waals surface area contributed by atoms with E-state index in [4.69, 9.17) is 4.52 Å². The van der Waals surface area contributed by atoms with E-state index in [9.17, 15) is 4.57 Å². The average molecular weight is 209 g/mol. The van der Waals surface area contributed by atoms with Crippen molar-refractivity contribution in [1.29, 1.82) is 0 Å². The third kappa shape index (κ3) is 8.59. The van der Waals surface area contributed by atoms with Crippen molar-refractivity contribution in [2.75, 3.05) is 6.61 Å². The smallest absolute Gasteiger partial charge is 0.145 e. The molecule has 0 aliphatic carbocycles. The largest absolute Gasteiger partial charge is 0.516 e. The SMILES string of the molecule is CC(CO[P+](=O)P)CC(C)(C)C. The molecule has 0 bridgehead atoms. The Morgan fingerprint density at radius 1 is 1.50 bits per heavy atom. The molecular formula is C8H19O2P2+. The van der Waals surface area contributed by atoms with Crippen LogP contribution in [0.25, 0.3) is 0 Å². The lowest BCUT2D eigenvalue weighted by Gasteiger charge is -2.21. The third-order valence-corrected chi connectivity index (χ3v) is 2.30. The van der Waals surface area contributed by atoms with E-state index in [0.29, 0.717) is 17.9 Å². The minimum absolute atomic E-state index is 0.329. The summed E-state index contributed by atoms with van der Waals surface area (Å²) in [6, 6.07) is 0. The van der Waals surface area contributed by atoms with E-state index in [1.165, 1.54) is 0 Å². The minimum atomic E-state index is -1.51. The van der Waals surface area contributed by atoms with Crippen LogP contribution in [0.4, 0.5) is 0 Å². The first-order valence-corrected chi connectivity index (χ1v) is 6.96. The summed E-state index contributed by atoms with van der Waals surface area (Å²) in [5, 5.41) is 0. The highest BCUT2D eigenvalue weighted by molar-refractivity contribution is 8.03. The Bertz CT molecular complexity index is 152. The Morgan fingerprint density at radius 3 is 2.33 bits per heavy atom. The van der Waals surface area contributed by atoms with Gasteiger partial charge in [-0.1, -0.05) is 27.7 Å². The van der Waals surface area contributed by atoms with Crippen LogP contribution in [-0.4, -0.2) is 6.61 Å². The first kappa shape index (κ1) is 12.5. The predicted molar refractivity (Wildman–Crippen MR) is 56.5 cm³/mol. The van der Waals surface area contributed by atoms with Crippen LogP contribution in [0.2, 0.25) is 0 Å². The van der Waals surface area contributed by atoms with Gasteiger partial charge in [0.1, 0.15) is 6.61 Å². The maximum absolute atomic E-state index is 10.6. The molecule has 0 N–H and O–H groups in total. The lowest BCUT2D eigenvalue weighted by molar-refractivity contribution is 0.218. The third-order valence-electron chi connectivity index (χ3n) is 1.45. The quantitative estimate of drug-likeness (QED) is 0.661. The molecule has 0 spiro atoms. The summed E-state index contributed by atoms with van der Waals surface area (Å²) in [5.41, 5.74) is 0.329. The highest BCUT2D eigenvalue weighted by Gasteiger charge is 2.18. The molecule has 0 fully saturated rings. The van der Waals surface area contributed by atoms with E-state index < -0.39 is 7.72 Å². The van der Waals surface area contributed by atoms with E-state index in [1.54, 1.807) is 0 Å². The first-order valence-electron chi connectivity index (χ1n) is 4.16. The molecule has 0 heterocycles. The molecule has 0 aromatic rings. The molecule has 0 radical (unpaired) electrons. The van der Waals surface area contributed by atoms with Crippen LogP contribution in [0.15, 0.2) is 0 Å². The molecule has 3 atom stereocenters. The molecule has 72 valence electrons. The fraction of sp³-hybridized carbons (Fsp3) is 1.00. The van der Waals surface area contributed by atoms with Crippen molar-refractivity contribution in [1.82, 2.24) is 0 Å². The lowest BCUT2D eigenvalue weighted by Crippen LogP contribution is -2.13. The summed E-state index contributed by atoms with van der Waals surface area (Å²) in [5.74, 6) is 0.476. The molecule has 0 saturated carbocycles. The van der Waals surface area contributed by atoms with Crippen molar-refractivity contribution in [3.63, 3.8) is 0 Å². The van der Waals surface area contributed by atoms with Crippen LogP contribution in [0.1, 0.15) is 34.1 Å². The van der Waals surface area contributed by atoms with Crippen LogP contribution in [-0.2, 0) is 9.09 Å². The zero-order chi connectivity index (χ0) is 9.78. The van der Waals surface area contributed by atoms with Crippen molar-refractivity contribution in [2.24, 2.45) is 11.3 Å². The van der Waals surface area contributed by atoms with Gasteiger partial charge < -0.3 is 0 Å². The first-order chi connectivity index (χ1) is 5.31. The van der Waals surface area contributed by atoms with Crippen LogP contribution in [0.5, 0.6) is 0 Å². The van der Waals surface area contributed by atoms with E-state index in [2.05, 4.69) is 36.6 Å². The Kier molecular flexibility index (Phi) is 5.48. The molecule has 2 nitrogen and oxygen atoms in total. The standard InChI is InChI=1S/C8H19O2P2/c1-7(5-8(2,3)4)6-10-12(9)11/h7H,5-6,11H2,1-4H3/q+1. The second kappa shape index (κ2) is 5.27. The van der Waals surface area contributed by atoms with Gasteiger partial charge in [-0.15, -0.1) is 4.52 Å². The molecule has 0 aromatic carbocycles. The lowest BCUT2D eigenvalue weighted by atomic mass is 9.86. The van der Waals surface area contributed by atoms with Gasteiger partial charge in [0.2, 0.25) is 0 Å². The summed E-state index contributed by atoms with van der Waals surface area (Å²) in [6.45, 7) is 9.31. The number of rotatable bonds is 4. The van der Waals surface area contributed by atoms with Gasteiger partial charge in [-0.2, -0.15) is 0 Å². The number of hydrogen-bond donors (Lipinski definition) is 0. The van der Waals surface area contributed by atoms with Crippen molar-refractivity contribution in [3.8, 4) is 0 Å².